The van der Waals surface area contributed by atoms with Crippen LogP contribution in [0.3, 0.4) is 0 Å². The standard InChI is InChI=1S/C20H14Cl2N8O10S3/c21-17-26-18(22)28-20(27-17)24-9-1-2-12(13(5-9)25-19(23)31)29-30-14-7-11-8(4-16(14)43(38,39)40)3-10(41(32,33)34)6-15(11)42(35,36)37/h1-7H,(H3,23,25,31)(H,32,33,34)(H,35,36,37)(H,38,39,40)(H,24,26,27,28). The van der Waals surface area contributed by atoms with Crippen LogP contribution < -0.4 is 16.4 Å². The summed E-state index contributed by atoms with van der Waals surface area (Å²) in [6, 6.07) is 5.41. The maximum absolute atomic E-state index is 12.2. The predicted octanol–water partition coefficient (Wildman–Crippen LogP) is 3.72. The van der Waals surface area contributed by atoms with E-state index < -0.39 is 67.5 Å². The summed E-state index contributed by atoms with van der Waals surface area (Å²) in [4.78, 5) is 19.9. The molecule has 3 aromatic carbocycles. The number of nitrogens with one attached hydrogen (secondary N) is 2. The van der Waals surface area contributed by atoms with Crippen molar-refractivity contribution in [3.63, 3.8) is 0 Å². The summed E-state index contributed by atoms with van der Waals surface area (Å²) in [5.74, 6) is -0.0786. The number of primary amides is 1. The van der Waals surface area contributed by atoms with Crippen molar-refractivity contribution in [1.82, 2.24) is 15.0 Å². The minimum atomic E-state index is -5.16. The lowest BCUT2D eigenvalue weighted by Crippen LogP contribution is -2.19. The zero-order valence-electron chi connectivity index (χ0n) is 20.5. The van der Waals surface area contributed by atoms with E-state index in [9.17, 15) is 43.7 Å². The zero-order valence-corrected chi connectivity index (χ0v) is 24.5. The largest absolute Gasteiger partial charge is 0.351 e. The first-order valence-corrected chi connectivity index (χ1v) is 15.9. The highest BCUT2D eigenvalue weighted by Gasteiger charge is 2.24. The smallest absolute Gasteiger partial charge is 0.316 e. The summed E-state index contributed by atoms with van der Waals surface area (Å²) < 4.78 is 100. The Bertz CT molecular complexity index is 2160. The number of halogens is 2. The summed E-state index contributed by atoms with van der Waals surface area (Å²) in [7, 11) is -15.3. The van der Waals surface area contributed by atoms with Crippen LogP contribution in [0.5, 0.6) is 0 Å². The van der Waals surface area contributed by atoms with Crippen molar-refractivity contribution >= 4 is 99.1 Å². The number of fused-ring (bicyclic) bond motifs is 1. The third-order valence-corrected chi connectivity index (χ3v) is 8.12. The van der Waals surface area contributed by atoms with Gasteiger partial charge in [0.05, 0.1) is 10.6 Å². The Morgan fingerprint density at radius 1 is 0.767 bits per heavy atom. The monoisotopic (exact) mass is 692 g/mol. The molecule has 0 atom stereocenters. The second-order valence-electron chi connectivity index (χ2n) is 8.13. The lowest BCUT2D eigenvalue weighted by Gasteiger charge is -2.11. The molecule has 0 spiro atoms. The molecule has 0 bridgehead atoms. The number of hydrogen-bond donors (Lipinski definition) is 6. The van der Waals surface area contributed by atoms with Gasteiger partial charge in [-0.3, -0.25) is 13.7 Å². The number of aromatic nitrogens is 3. The predicted molar refractivity (Wildman–Crippen MR) is 150 cm³/mol. The maximum atomic E-state index is 12.2. The Balaban J connectivity index is 1.88. The lowest BCUT2D eigenvalue weighted by atomic mass is 10.1. The van der Waals surface area contributed by atoms with Crippen molar-refractivity contribution in [2.45, 2.75) is 14.7 Å². The van der Waals surface area contributed by atoms with E-state index in [2.05, 4.69) is 35.8 Å². The Kier molecular flexibility index (Phi) is 8.54. The average Bonchev–Trinajstić information content (AvgIpc) is 2.84. The second-order valence-corrected chi connectivity index (χ2v) is 13.0. The van der Waals surface area contributed by atoms with Crippen molar-refractivity contribution in [2.24, 2.45) is 16.0 Å². The highest BCUT2D eigenvalue weighted by atomic mass is 35.5. The summed E-state index contributed by atoms with van der Waals surface area (Å²) in [6.45, 7) is 0. The molecule has 43 heavy (non-hydrogen) atoms. The molecule has 4 rings (SSSR count). The molecule has 226 valence electrons. The molecule has 1 heterocycles. The number of benzene rings is 3. The number of hydrogen-bond acceptors (Lipinski definition) is 13. The Labute approximate surface area is 251 Å². The van der Waals surface area contributed by atoms with E-state index in [1.807, 2.05) is 0 Å². The normalized spacial score (nSPS) is 12.5. The molecule has 7 N–H and O–H groups in total. The SMILES string of the molecule is NC(=O)Nc1cc(Nc2nc(Cl)nc(Cl)n2)ccc1N=Nc1cc2c(S(=O)(=O)O)cc(S(=O)(=O)O)cc2cc1S(=O)(=O)O. The first-order valence-electron chi connectivity index (χ1n) is 10.8. The molecule has 0 radical (unpaired) electrons. The van der Waals surface area contributed by atoms with Crippen molar-refractivity contribution in [3.05, 3.63) is 53.0 Å². The number of anilines is 3. The molecule has 0 aliphatic carbocycles. The first-order chi connectivity index (χ1) is 19.8. The topological polar surface area (TPSA) is 294 Å². The van der Waals surface area contributed by atoms with Crippen LogP contribution in [0.25, 0.3) is 10.8 Å². The van der Waals surface area contributed by atoms with Crippen molar-refractivity contribution in [2.75, 3.05) is 10.6 Å². The Morgan fingerprint density at radius 2 is 1.37 bits per heavy atom. The molecular weight excluding hydrogens is 679 g/mol. The van der Waals surface area contributed by atoms with E-state index in [-0.39, 0.29) is 33.6 Å². The van der Waals surface area contributed by atoms with Crippen molar-refractivity contribution in [1.29, 1.82) is 0 Å². The molecule has 0 saturated carbocycles. The number of rotatable bonds is 8. The molecular formula is C20H14Cl2N8O10S3. The molecule has 0 fully saturated rings. The van der Waals surface area contributed by atoms with Crippen molar-refractivity contribution < 1.29 is 43.7 Å². The summed E-state index contributed by atoms with van der Waals surface area (Å²) in [5.41, 5.74) is 4.53. The third-order valence-electron chi connectivity index (χ3n) is 5.18. The number of nitrogens with two attached hydrogens (primary N) is 1. The van der Waals surface area contributed by atoms with Gasteiger partial charge >= 0.3 is 6.03 Å². The van der Waals surface area contributed by atoms with Crippen LogP contribution in [-0.2, 0) is 30.4 Å². The highest BCUT2D eigenvalue weighted by Crippen LogP contribution is 2.37. The third kappa shape index (κ3) is 7.66. The van der Waals surface area contributed by atoms with Gasteiger partial charge in [-0.15, -0.1) is 10.2 Å². The number of carbonyl (C=O) groups is 1. The van der Waals surface area contributed by atoms with Gasteiger partial charge in [0, 0.05) is 11.1 Å². The molecule has 23 heteroatoms. The van der Waals surface area contributed by atoms with E-state index >= 15 is 0 Å². The van der Waals surface area contributed by atoms with Crippen LogP contribution in [0.1, 0.15) is 0 Å². The van der Waals surface area contributed by atoms with Crippen LogP contribution in [0.2, 0.25) is 10.6 Å². The fourth-order valence-electron chi connectivity index (χ4n) is 3.52. The van der Waals surface area contributed by atoms with E-state index in [1.54, 1.807) is 0 Å². The minimum Gasteiger partial charge on any atom is -0.351 e. The van der Waals surface area contributed by atoms with Gasteiger partial charge in [0.1, 0.15) is 21.2 Å². The van der Waals surface area contributed by atoms with Crippen LogP contribution in [0, 0.1) is 0 Å². The maximum Gasteiger partial charge on any atom is 0.316 e. The van der Waals surface area contributed by atoms with E-state index in [0.717, 1.165) is 6.07 Å². The molecule has 0 aliphatic heterocycles. The number of azo groups is 1. The summed E-state index contributed by atoms with van der Waals surface area (Å²) in [5, 5.41) is 11.3. The van der Waals surface area contributed by atoms with Gasteiger partial charge in [-0.05, 0) is 71.1 Å². The van der Waals surface area contributed by atoms with E-state index in [0.29, 0.717) is 18.2 Å². The second kappa shape index (κ2) is 11.5. The van der Waals surface area contributed by atoms with E-state index in [4.69, 9.17) is 28.9 Å². The molecule has 0 unspecified atom stereocenters. The molecule has 4 aromatic rings. The fraction of sp³-hybridized carbons (Fsp3) is 0. The molecule has 0 saturated heterocycles. The molecule has 1 aromatic heterocycles. The minimum absolute atomic E-state index is 0.0786. The number of nitrogens with zero attached hydrogens (tertiary/aromatic N) is 5. The Hall–Kier alpha value is -4.09. The molecule has 0 aliphatic rings. The van der Waals surface area contributed by atoms with Crippen LogP contribution in [0.15, 0.2) is 67.4 Å². The Morgan fingerprint density at radius 3 is 1.93 bits per heavy atom. The average molecular weight is 693 g/mol. The lowest BCUT2D eigenvalue weighted by molar-refractivity contribution is 0.259. The highest BCUT2D eigenvalue weighted by molar-refractivity contribution is 7.87. The van der Waals surface area contributed by atoms with Gasteiger partial charge in [0.2, 0.25) is 16.5 Å². The van der Waals surface area contributed by atoms with Gasteiger partial charge in [-0.25, -0.2) is 4.79 Å². The molecule has 2 amide bonds. The number of carbonyl (C=O) groups excluding carboxylic acids is 1. The molecule has 18 nitrogen and oxygen atoms in total. The van der Waals surface area contributed by atoms with Crippen LogP contribution in [0.4, 0.5) is 33.5 Å². The first kappa shape index (κ1) is 31.8. The van der Waals surface area contributed by atoms with Crippen LogP contribution >= 0.6 is 23.2 Å². The quantitative estimate of drug-likeness (QED) is 0.113. The van der Waals surface area contributed by atoms with Gasteiger partial charge < -0.3 is 16.4 Å². The van der Waals surface area contributed by atoms with Gasteiger partial charge in [-0.2, -0.15) is 40.2 Å². The van der Waals surface area contributed by atoms with E-state index in [1.165, 1.54) is 18.2 Å². The van der Waals surface area contributed by atoms with Crippen LogP contribution in [-0.4, -0.2) is 59.9 Å². The summed E-state index contributed by atoms with van der Waals surface area (Å²) >= 11 is 11.5. The van der Waals surface area contributed by atoms with Crippen molar-refractivity contribution in [3.8, 4) is 0 Å². The van der Waals surface area contributed by atoms with Gasteiger partial charge in [-0.1, -0.05) is 0 Å². The van der Waals surface area contributed by atoms with Gasteiger partial charge in [0.25, 0.3) is 30.4 Å². The number of urea groups is 1. The summed E-state index contributed by atoms with van der Waals surface area (Å²) in [6.07, 6.45) is 0. The fourth-order valence-corrected chi connectivity index (χ4v) is 5.87. The van der Waals surface area contributed by atoms with Gasteiger partial charge in [0.15, 0.2) is 0 Å². The zero-order chi connectivity index (χ0) is 31.9. The number of amides is 2.